The first-order valence-corrected chi connectivity index (χ1v) is 6.79. The van der Waals surface area contributed by atoms with Crippen molar-refractivity contribution >= 4 is 23.5 Å². The minimum atomic E-state index is -1.51. The van der Waals surface area contributed by atoms with Crippen LogP contribution >= 0.6 is 11.6 Å². The van der Waals surface area contributed by atoms with Crippen molar-refractivity contribution < 1.29 is 24.9 Å². The van der Waals surface area contributed by atoms with Gasteiger partial charge in [-0.25, -0.2) is 0 Å². The van der Waals surface area contributed by atoms with Crippen LogP contribution < -0.4 is 5.32 Å². The fourth-order valence-electron chi connectivity index (χ4n) is 2.95. The van der Waals surface area contributed by atoms with Gasteiger partial charge in [0.25, 0.3) is 0 Å². The lowest BCUT2D eigenvalue weighted by atomic mass is 9.77. The Morgan fingerprint density at radius 2 is 1.86 bits per heavy atom. The summed E-state index contributed by atoms with van der Waals surface area (Å²) in [4.78, 5) is 23.0. The smallest absolute Gasteiger partial charge is 0.324 e. The summed E-state index contributed by atoms with van der Waals surface area (Å²) >= 11 is 5.82. The Morgan fingerprint density at radius 1 is 1.29 bits per heavy atom. The van der Waals surface area contributed by atoms with E-state index in [1.807, 2.05) is 0 Å². The second-order valence-electron chi connectivity index (χ2n) is 5.33. The van der Waals surface area contributed by atoms with E-state index < -0.39 is 42.0 Å². The second kappa shape index (κ2) is 5.63. The summed E-state index contributed by atoms with van der Waals surface area (Å²) < 4.78 is 0. The van der Waals surface area contributed by atoms with Crippen molar-refractivity contribution in [3.8, 4) is 0 Å². The van der Waals surface area contributed by atoms with Gasteiger partial charge in [0.1, 0.15) is 11.6 Å². The molecule has 2 rings (SSSR count). The molecule has 1 saturated heterocycles. The molecular weight excluding hydrogens is 298 g/mol. The Kier molecular flexibility index (Phi) is 4.22. The van der Waals surface area contributed by atoms with E-state index in [1.54, 1.807) is 24.3 Å². The van der Waals surface area contributed by atoms with Gasteiger partial charge in [0, 0.05) is 23.5 Å². The minimum absolute atomic E-state index is 0.438. The number of aliphatic hydroxyl groups is 1. The van der Waals surface area contributed by atoms with E-state index in [9.17, 15) is 24.9 Å². The molecule has 0 spiro atoms. The quantitative estimate of drug-likeness (QED) is 0.659. The first-order valence-electron chi connectivity index (χ1n) is 6.41. The summed E-state index contributed by atoms with van der Waals surface area (Å²) in [5.41, 5.74) is -0.884. The number of carboxylic acid groups (broad SMARTS) is 2. The van der Waals surface area contributed by atoms with E-state index in [2.05, 4.69) is 5.32 Å². The van der Waals surface area contributed by atoms with Crippen molar-refractivity contribution in [3.63, 3.8) is 0 Å². The molecule has 0 aromatic heterocycles. The highest BCUT2D eigenvalue weighted by atomic mass is 35.5. The Balaban J connectivity index is 2.50. The van der Waals surface area contributed by atoms with Gasteiger partial charge in [-0.1, -0.05) is 23.7 Å². The van der Waals surface area contributed by atoms with Gasteiger partial charge in [0.15, 0.2) is 0 Å². The van der Waals surface area contributed by atoms with Crippen LogP contribution in [0.1, 0.15) is 18.4 Å². The van der Waals surface area contributed by atoms with Crippen LogP contribution in [0, 0.1) is 5.92 Å². The third-order valence-corrected chi connectivity index (χ3v) is 4.40. The zero-order valence-electron chi connectivity index (χ0n) is 11.3. The molecule has 7 heteroatoms. The van der Waals surface area contributed by atoms with E-state index in [-0.39, 0.29) is 0 Å². The highest BCUT2D eigenvalue weighted by Crippen LogP contribution is 2.42. The zero-order valence-corrected chi connectivity index (χ0v) is 12.0. The van der Waals surface area contributed by atoms with Gasteiger partial charge in [-0.3, -0.25) is 14.9 Å². The number of benzene rings is 1. The molecule has 114 valence electrons. The van der Waals surface area contributed by atoms with Gasteiger partial charge in [-0.2, -0.15) is 0 Å². The fraction of sp³-hybridized carbons (Fsp3) is 0.429. The number of carbonyl (C=O) groups is 2. The maximum absolute atomic E-state index is 11.5. The molecule has 1 fully saturated rings. The fourth-order valence-corrected chi connectivity index (χ4v) is 3.08. The number of halogens is 1. The third-order valence-electron chi connectivity index (χ3n) is 4.15. The molecule has 0 radical (unpaired) electrons. The molecule has 6 nitrogen and oxygen atoms in total. The molecule has 0 amide bonds. The van der Waals surface area contributed by atoms with Crippen molar-refractivity contribution in [2.24, 2.45) is 5.92 Å². The van der Waals surface area contributed by atoms with Crippen LogP contribution in [-0.4, -0.2) is 45.4 Å². The molecule has 0 unspecified atom stereocenters. The van der Waals surface area contributed by atoms with Crippen molar-refractivity contribution in [2.45, 2.75) is 24.4 Å². The van der Waals surface area contributed by atoms with E-state index >= 15 is 0 Å². The maximum atomic E-state index is 11.5. The van der Waals surface area contributed by atoms with Crippen molar-refractivity contribution in [1.82, 2.24) is 5.32 Å². The molecule has 4 N–H and O–H groups in total. The molecule has 1 aliphatic rings. The predicted molar refractivity (Wildman–Crippen MR) is 75.4 cm³/mol. The van der Waals surface area contributed by atoms with Gasteiger partial charge in [0.05, 0.1) is 0 Å². The first-order chi connectivity index (χ1) is 9.81. The summed E-state index contributed by atoms with van der Waals surface area (Å²) in [7, 11) is 0. The van der Waals surface area contributed by atoms with E-state index in [4.69, 9.17) is 11.6 Å². The molecule has 1 aromatic rings. The van der Waals surface area contributed by atoms with Crippen LogP contribution in [0.15, 0.2) is 24.3 Å². The Labute approximate surface area is 126 Å². The van der Waals surface area contributed by atoms with Gasteiger partial charge >= 0.3 is 11.9 Å². The van der Waals surface area contributed by atoms with Crippen molar-refractivity contribution in [2.75, 3.05) is 6.61 Å². The second-order valence-corrected chi connectivity index (χ2v) is 5.77. The predicted octanol–water partition coefficient (Wildman–Crippen LogP) is 0.932. The SMILES string of the molecule is C[C@@]1(C(=O)O)N[C@H](C(=O)O)[C@@H](c2ccc(Cl)cc2)[C@@H]1CO. The summed E-state index contributed by atoms with van der Waals surface area (Å²) in [5, 5.41) is 31.5. The molecule has 1 aliphatic heterocycles. The summed E-state index contributed by atoms with van der Waals surface area (Å²) in [6.07, 6.45) is 0. The highest BCUT2D eigenvalue weighted by Gasteiger charge is 2.57. The minimum Gasteiger partial charge on any atom is -0.480 e. The number of hydrogen-bond donors (Lipinski definition) is 4. The number of rotatable bonds is 4. The molecule has 4 atom stereocenters. The largest absolute Gasteiger partial charge is 0.480 e. The average Bonchev–Trinajstić information content (AvgIpc) is 2.74. The molecule has 0 bridgehead atoms. The average molecular weight is 314 g/mol. The summed E-state index contributed by atoms with van der Waals surface area (Å²) in [5.74, 6) is -3.77. The van der Waals surface area contributed by atoms with Crippen molar-refractivity contribution in [1.29, 1.82) is 0 Å². The van der Waals surface area contributed by atoms with Crippen LogP contribution in [0.4, 0.5) is 0 Å². The topological polar surface area (TPSA) is 107 Å². The first kappa shape index (κ1) is 15.8. The highest BCUT2D eigenvalue weighted by molar-refractivity contribution is 6.30. The van der Waals surface area contributed by atoms with Crippen LogP contribution in [-0.2, 0) is 9.59 Å². The molecule has 1 aromatic carbocycles. The lowest BCUT2D eigenvalue weighted by Crippen LogP contribution is -2.53. The number of aliphatic carboxylic acids is 2. The number of aliphatic hydroxyl groups excluding tert-OH is 1. The maximum Gasteiger partial charge on any atom is 0.324 e. The monoisotopic (exact) mass is 313 g/mol. The van der Waals surface area contributed by atoms with Crippen LogP contribution in [0.25, 0.3) is 0 Å². The Bertz CT molecular complexity index is 561. The molecule has 21 heavy (non-hydrogen) atoms. The van der Waals surface area contributed by atoms with E-state index in [0.717, 1.165) is 0 Å². The van der Waals surface area contributed by atoms with Gasteiger partial charge in [0.2, 0.25) is 0 Å². The summed E-state index contributed by atoms with van der Waals surface area (Å²) in [6, 6.07) is 5.44. The van der Waals surface area contributed by atoms with Gasteiger partial charge < -0.3 is 15.3 Å². The van der Waals surface area contributed by atoms with E-state index in [0.29, 0.717) is 10.6 Å². The molecule has 0 saturated carbocycles. The standard InChI is InChI=1S/C14H16ClNO5/c1-14(13(20)21)9(6-17)10(11(16-14)12(18)19)7-2-4-8(15)5-3-7/h2-5,9-11,16-17H,6H2,1H3,(H,18,19)(H,20,21)/t9-,10-,11-,14+/m0/s1. The zero-order chi connectivity index (χ0) is 15.8. The van der Waals surface area contributed by atoms with Crippen LogP contribution in [0.3, 0.4) is 0 Å². The number of nitrogens with one attached hydrogen (secondary N) is 1. The Morgan fingerprint density at radius 3 is 2.29 bits per heavy atom. The van der Waals surface area contributed by atoms with Gasteiger partial charge in [-0.15, -0.1) is 0 Å². The summed E-state index contributed by atoms with van der Waals surface area (Å²) in [6.45, 7) is 0.953. The van der Waals surface area contributed by atoms with Gasteiger partial charge in [-0.05, 0) is 24.6 Å². The molecule has 0 aliphatic carbocycles. The molecule has 1 heterocycles. The Hall–Kier alpha value is -1.63. The molecular formula is C14H16ClNO5. The lowest BCUT2D eigenvalue weighted by Gasteiger charge is -2.28. The van der Waals surface area contributed by atoms with Crippen molar-refractivity contribution in [3.05, 3.63) is 34.9 Å². The van der Waals surface area contributed by atoms with Crippen LogP contribution in [0.5, 0.6) is 0 Å². The third kappa shape index (κ3) is 2.62. The number of hydrogen-bond acceptors (Lipinski definition) is 4. The normalized spacial score (nSPS) is 32.0. The van der Waals surface area contributed by atoms with Crippen LogP contribution in [0.2, 0.25) is 5.02 Å². The lowest BCUT2D eigenvalue weighted by molar-refractivity contribution is -0.146. The number of carboxylic acids is 2. The van der Waals surface area contributed by atoms with E-state index in [1.165, 1.54) is 6.92 Å².